The molecule has 29 heavy (non-hydrogen) atoms. The average Bonchev–Trinajstić information content (AvgIpc) is 2.67. The highest BCUT2D eigenvalue weighted by molar-refractivity contribution is 6.02. The summed E-state index contributed by atoms with van der Waals surface area (Å²) in [4.78, 5) is 4.90. The number of nitrogen functional groups attached to an aromatic ring is 1. The van der Waals surface area contributed by atoms with E-state index in [1.807, 2.05) is 19.9 Å². The van der Waals surface area contributed by atoms with Crippen molar-refractivity contribution in [2.45, 2.75) is 54.9 Å². The molecule has 2 nitrogen and oxygen atoms in total. The van der Waals surface area contributed by atoms with E-state index in [1.54, 1.807) is 0 Å². The molecule has 152 valence electrons. The Labute approximate surface area is 176 Å². The summed E-state index contributed by atoms with van der Waals surface area (Å²) >= 11 is 0. The highest BCUT2D eigenvalue weighted by Gasteiger charge is 2.06. The Balaban J connectivity index is 0.000000253. The SMILES string of the molecule is CCC(=Nc1c(C)cc(C)cc1C)c1ccccc1.Cc1cc(C)c(N)c(C)c1. The fourth-order valence-corrected chi connectivity index (χ4v) is 3.65. The second-order valence-electron chi connectivity index (χ2n) is 7.84. The van der Waals surface area contributed by atoms with Crippen molar-refractivity contribution in [2.75, 3.05) is 5.73 Å². The van der Waals surface area contributed by atoms with E-state index in [1.165, 1.54) is 38.9 Å². The molecular weight excluding hydrogens is 352 g/mol. The van der Waals surface area contributed by atoms with Gasteiger partial charge in [0.2, 0.25) is 0 Å². The second-order valence-corrected chi connectivity index (χ2v) is 7.84. The number of anilines is 1. The third-order valence-electron chi connectivity index (χ3n) is 5.06. The second kappa shape index (κ2) is 10.1. The van der Waals surface area contributed by atoms with Gasteiger partial charge in [0.15, 0.2) is 0 Å². The van der Waals surface area contributed by atoms with E-state index < -0.39 is 0 Å². The van der Waals surface area contributed by atoms with Crippen molar-refractivity contribution in [3.8, 4) is 0 Å². The Kier molecular flexibility index (Phi) is 7.78. The van der Waals surface area contributed by atoms with E-state index in [-0.39, 0.29) is 0 Å². The van der Waals surface area contributed by atoms with E-state index in [9.17, 15) is 0 Å². The van der Waals surface area contributed by atoms with E-state index in [4.69, 9.17) is 10.7 Å². The largest absolute Gasteiger partial charge is 0.398 e. The number of rotatable bonds is 3. The minimum Gasteiger partial charge on any atom is -0.398 e. The molecule has 0 aliphatic rings. The molecule has 0 radical (unpaired) electrons. The average molecular weight is 387 g/mol. The van der Waals surface area contributed by atoms with Gasteiger partial charge in [0, 0.05) is 11.4 Å². The smallest absolute Gasteiger partial charge is 0.0691 e. The molecule has 0 spiro atoms. The van der Waals surface area contributed by atoms with E-state index in [0.717, 1.165) is 23.5 Å². The van der Waals surface area contributed by atoms with Gasteiger partial charge in [-0.25, -0.2) is 0 Å². The minimum atomic E-state index is 0.922. The monoisotopic (exact) mass is 386 g/mol. The number of aliphatic imine (C=N–C) groups is 1. The molecule has 0 amide bonds. The van der Waals surface area contributed by atoms with Crippen LogP contribution in [-0.2, 0) is 0 Å². The molecule has 0 saturated heterocycles. The van der Waals surface area contributed by atoms with Gasteiger partial charge in [-0.15, -0.1) is 0 Å². The maximum absolute atomic E-state index is 5.75. The van der Waals surface area contributed by atoms with E-state index in [0.29, 0.717) is 0 Å². The molecule has 0 atom stereocenters. The molecule has 3 aromatic rings. The number of hydrogen-bond acceptors (Lipinski definition) is 2. The number of benzene rings is 3. The predicted molar refractivity (Wildman–Crippen MR) is 129 cm³/mol. The lowest BCUT2D eigenvalue weighted by Crippen LogP contribution is -1.99. The Hall–Kier alpha value is -2.87. The van der Waals surface area contributed by atoms with Crippen LogP contribution >= 0.6 is 0 Å². The van der Waals surface area contributed by atoms with Gasteiger partial charge in [-0.1, -0.05) is 72.6 Å². The zero-order chi connectivity index (χ0) is 21.6. The first-order valence-corrected chi connectivity index (χ1v) is 10.3. The molecule has 0 fully saturated rings. The van der Waals surface area contributed by atoms with Crippen molar-refractivity contribution in [1.82, 2.24) is 0 Å². The van der Waals surface area contributed by atoms with Crippen LogP contribution in [-0.4, -0.2) is 5.71 Å². The van der Waals surface area contributed by atoms with Crippen molar-refractivity contribution in [3.05, 3.63) is 93.5 Å². The number of aryl methyl sites for hydroxylation is 6. The van der Waals surface area contributed by atoms with Gasteiger partial charge in [-0.05, 0) is 75.8 Å². The Morgan fingerprint density at radius 2 is 1.17 bits per heavy atom. The Morgan fingerprint density at radius 3 is 1.62 bits per heavy atom. The molecule has 0 aliphatic heterocycles. The Morgan fingerprint density at radius 1 is 0.724 bits per heavy atom. The summed E-state index contributed by atoms with van der Waals surface area (Å²) in [5.41, 5.74) is 17.6. The van der Waals surface area contributed by atoms with Crippen LogP contribution in [0.3, 0.4) is 0 Å². The van der Waals surface area contributed by atoms with Gasteiger partial charge in [-0.2, -0.15) is 0 Å². The lowest BCUT2D eigenvalue weighted by atomic mass is 10.0. The first-order valence-electron chi connectivity index (χ1n) is 10.3. The highest BCUT2D eigenvalue weighted by atomic mass is 14.8. The van der Waals surface area contributed by atoms with Crippen LogP contribution in [0.4, 0.5) is 11.4 Å². The minimum absolute atomic E-state index is 0.922. The van der Waals surface area contributed by atoms with Crippen LogP contribution in [0.25, 0.3) is 0 Å². The van der Waals surface area contributed by atoms with Crippen LogP contribution in [0.2, 0.25) is 0 Å². The van der Waals surface area contributed by atoms with Gasteiger partial charge in [0.25, 0.3) is 0 Å². The molecule has 0 unspecified atom stereocenters. The van der Waals surface area contributed by atoms with Crippen LogP contribution in [0, 0.1) is 41.5 Å². The molecule has 2 heteroatoms. The first kappa shape index (κ1) is 22.4. The maximum Gasteiger partial charge on any atom is 0.0691 e. The summed E-state index contributed by atoms with van der Waals surface area (Å²) in [6, 6.07) is 19.0. The molecule has 0 saturated carbocycles. The topological polar surface area (TPSA) is 38.4 Å². The van der Waals surface area contributed by atoms with Crippen molar-refractivity contribution >= 4 is 17.1 Å². The van der Waals surface area contributed by atoms with Crippen molar-refractivity contribution < 1.29 is 0 Å². The molecular formula is C27H34N2. The molecule has 2 N–H and O–H groups in total. The van der Waals surface area contributed by atoms with Gasteiger partial charge in [0.1, 0.15) is 0 Å². The molecule has 0 aliphatic carbocycles. The van der Waals surface area contributed by atoms with E-state index >= 15 is 0 Å². The Bertz CT molecular complexity index is 952. The zero-order valence-corrected chi connectivity index (χ0v) is 18.9. The summed E-state index contributed by atoms with van der Waals surface area (Å²) in [7, 11) is 0. The van der Waals surface area contributed by atoms with Crippen LogP contribution in [0.1, 0.15) is 52.3 Å². The lowest BCUT2D eigenvalue weighted by Gasteiger charge is -2.10. The molecule has 0 aromatic heterocycles. The molecule has 3 rings (SSSR count). The number of nitrogens with two attached hydrogens (primary N) is 1. The fourth-order valence-electron chi connectivity index (χ4n) is 3.65. The normalized spacial score (nSPS) is 11.1. The standard InChI is InChI=1S/C18H21N.C9H13N/c1-5-17(16-9-7-6-8-10-16)19-18-14(3)11-13(2)12-15(18)4;1-6-4-7(2)9(10)8(3)5-6/h6-12H,5H2,1-4H3;4-5H,10H2,1-3H3. The molecule has 3 aromatic carbocycles. The summed E-state index contributed by atoms with van der Waals surface area (Å²) in [5.74, 6) is 0. The number of hydrogen-bond donors (Lipinski definition) is 1. The van der Waals surface area contributed by atoms with Gasteiger partial charge >= 0.3 is 0 Å². The molecule has 0 bridgehead atoms. The van der Waals surface area contributed by atoms with Gasteiger partial charge in [-0.3, -0.25) is 4.99 Å². The fraction of sp³-hybridized carbons (Fsp3) is 0.296. The van der Waals surface area contributed by atoms with Gasteiger partial charge < -0.3 is 5.73 Å². The lowest BCUT2D eigenvalue weighted by molar-refractivity contribution is 1.23. The molecule has 0 heterocycles. The highest BCUT2D eigenvalue weighted by Crippen LogP contribution is 2.26. The third kappa shape index (κ3) is 6.05. The quantitative estimate of drug-likeness (QED) is 0.371. The van der Waals surface area contributed by atoms with Crippen LogP contribution in [0.5, 0.6) is 0 Å². The van der Waals surface area contributed by atoms with Crippen LogP contribution < -0.4 is 5.73 Å². The van der Waals surface area contributed by atoms with E-state index in [2.05, 4.69) is 83.1 Å². The predicted octanol–water partition coefficient (Wildman–Crippen LogP) is 7.34. The summed E-state index contributed by atoms with van der Waals surface area (Å²) in [6.45, 7) is 14.7. The first-order chi connectivity index (χ1) is 13.7. The summed E-state index contributed by atoms with van der Waals surface area (Å²) in [6.07, 6.45) is 0.941. The number of nitrogens with zero attached hydrogens (tertiary/aromatic N) is 1. The summed E-state index contributed by atoms with van der Waals surface area (Å²) < 4.78 is 0. The van der Waals surface area contributed by atoms with Crippen molar-refractivity contribution in [2.24, 2.45) is 4.99 Å². The van der Waals surface area contributed by atoms with Crippen molar-refractivity contribution in [3.63, 3.8) is 0 Å². The maximum atomic E-state index is 5.75. The third-order valence-corrected chi connectivity index (χ3v) is 5.06. The zero-order valence-electron chi connectivity index (χ0n) is 18.9. The van der Waals surface area contributed by atoms with Gasteiger partial charge in [0.05, 0.1) is 5.69 Å². The summed E-state index contributed by atoms with van der Waals surface area (Å²) in [5, 5.41) is 0. The van der Waals surface area contributed by atoms with Crippen LogP contribution in [0.15, 0.2) is 59.6 Å². The van der Waals surface area contributed by atoms with Crippen molar-refractivity contribution in [1.29, 1.82) is 0 Å².